The zero-order valence-electron chi connectivity index (χ0n) is 10.6. The zero-order chi connectivity index (χ0) is 12.3. The molecule has 2 atom stereocenters. The van der Waals surface area contributed by atoms with E-state index in [0.29, 0.717) is 6.04 Å². The lowest BCUT2D eigenvalue weighted by Crippen LogP contribution is -2.40. The summed E-state index contributed by atoms with van der Waals surface area (Å²) in [5.74, 6) is 0.798. The Morgan fingerprint density at radius 2 is 2.41 bits per heavy atom. The third kappa shape index (κ3) is 3.44. The first-order valence-corrected chi connectivity index (χ1v) is 7.54. The summed E-state index contributed by atoms with van der Waals surface area (Å²) in [4.78, 5) is 3.98. The molecule has 2 rings (SSSR count). The Hall–Kier alpha value is -0.0900. The van der Waals surface area contributed by atoms with E-state index in [9.17, 15) is 0 Å². The largest absolute Gasteiger partial charge is 0.319 e. The van der Waals surface area contributed by atoms with Crippen LogP contribution in [0.4, 0.5) is 0 Å². The summed E-state index contributed by atoms with van der Waals surface area (Å²) < 4.78 is 0.899. The van der Waals surface area contributed by atoms with Crippen LogP contribution < -0.4 is 5.32 Å². The Balaban J connectivity index is 1.97. The van der Waals surface area contributed by atoms with Crippen LogP contribution in [0.2, 0.25) is 4.34 Å². The van der Waals surface area contributed by atoms with Gasteiger partial charge in [-0.15, -0.1) is 11.3 Å². The van der Waals surface area contributed by atoms with Crippen LogP contribution in [0.15, 0.2) is 12.1 Å². The molecule has 0 amide bonds. The molecule has 0 saturated carbocycles. The molecule has 1 aromatic heterocycles. The van der Waals surface area contributed by atoms with E-state index in [2.05, 4.69) is 23.2 Å². The topological polar surface area (TPSA) is 15.3 Å². The van der Waals surface area contributed by atoms with E-state index < -0.39 is 0 Å². The van der Waals surface area contributed by atoms with Gasteiger partial charge >= 0.3 is 0 Å². The number of halogens is 1. The maximum Gasteiger partial charge on any atom is 0.0931 e. The Labute approximate surface area is 113 Å². The monoisotopic (exact) mass is 272 g/mol. The highest BCUT2D eigenvalue weighted by atomic mass is 35.5. The van der Waals surface area contributed by atoms with Crippen LogP contribution in [-0.4, -0.2) is 31.6 Å². The Bertz CT molecular complexity index is 351. The van der Waals surface area contributed by atoms with E-state index in [0.717, 1.165) is 16.8 Å². The lowest BCUT2D eigenvalue weighted by Gasteiger charge is -2.36. The van der Waals surface area contributed by atoms with E-state index in [1.807, 2.05) is 13.1 Å². The highest BCUT2D eigenvalue weighted by Crippen LogP contribution is 2.32. The summed E-state index contributed by atoms with van der Waals surface area (Å²) in [6.45, 7) is 5.85. The minimum atomic E-state index is 0.507. The molecule has 0 aromatic carbocycles. The van der Waals surface area contributed by atoms with Crippen LogP contribution in [-0.2, 0) is 0 Å². The SMILES string of the molecule is CNCC1CCCN(C(C)c2ccc(Cl)s2)C1. The molecule has 1 aliphatic rings. The van der Waals surface area contributed by atoms with Crippen LogP contribution in [0.25, 0.3) is 0 Å². The first-order valence-electron chi connectivity index (χ1n) is 6.34. The van der Waals surface area contributed by atoms with E-state index in [1.165, 1.54) is 30.8 Å². The summed E-state index contributed by atoms with van der Waals surface area (Å²) in [7, 11) is 2.04. The van der Waals surface area contributed by atoms with Gasteiger partial charge < -0.3 is 5.32 Å². The molecule has 2 nitrogen and oxygen atoms in total. The molecule has 1 aromatic rings. The summed E-state index contributed by atoms with van der Waals surface area (Å²) in [5.41, 5.74) is 0. The van der Waals surface area contributed by atoms with Gasteiger partial charge in [0.1, 0.15) is 0 Å². The second-order valence-electron chi connectivity index (χ2n) is 4.88. The quantitative estimate of drug-likeness (QED) is 0.904. The number of nitrogens with zero attached hydrogens (tertiary/aromatic N) is 1. The molecule has 0 aliphatic carbocycles. The number of thiophene rings is 1. The molecular weight excluding hydrogens is 252 g/mol. The first kappa shape index (κ1) is 13.3. The van der Waals surface area contributed by atoms with Crippen LogP contribution >= 0.6 is 22.9 Å². The Morgan fingerprint density at radius 1 is 1.59 bits per heavy atom. The fourth-order valence-electron chi connectivity index (χ4n) is 2.64. The number of hydrogen-bond donors (Lipinski definition) is 1. The van der Waals surface area contributed by atoms with Crippen molar-refractivity contribution < 1.29 is 0 Å². The highest BCUT2D eigenvalue weighted by Gasteiger charge is 2.24. The van der Waals surface area contributed by atoms with Crippen molar-refractivity contribution in [2.24, 2.45) is 5.92 Å². The van der Waals surface area contributed by atoms with E-state index in [4.69, 9.17) is 11.6 Å². The van der Waals surface area contributed by atoms with Crippen molar-refractivity contribution in [1.82, 2.24) is 10.2 Å². The maximum atomic E-state index is 6.01. The van der Waals surface area contributed by atoms with Crippen LogP contribution in [0.1, 0.15) is 30.7 Å². The lowest BCUT2D eigenvalue weighted by molar-refractivity contribution is 0.133. The molecule has 0 bridgehead atoms. The lowest BCUT2D eigenvalue weighted by atomic mass is 9.96. The summed E-state index contributed by atoms with van der Waals surface area (Å²) in [6.07, 6.45) is 2.67. The van der Waals surface area contributed by atoms with Crippen LogP contribution in [0, 0.1) is 5.92 Å². The zero-order valence-corrected chi connectivity index (χ0v) is 12.2. The van der Waals surface area contributed by atoms with Crippen molar-refractivity contribution in [1.29, 1.82) is 0 Å². The van der Waals surface area contributed by atoms with Crippen molar-refractivity contribution in [2.45, 2.75) is 25.8 Å². The Kier molecular flexibility index (Phi) is 4.86. The van der Waals surface area contributed by atoms with Gasteiger partial charge in [0.25, 0.3) is 0 Å². The third-order valence-corrected chi connectivity index (χ3v) is 5.00. The van der Waals surface area contributed by atoms with Gasteiger partial charge in [0, 0.05) is 17.5 Å². The molecule has 1 aliphatic heterocycles. The fraction of sp³-hybridized carbons (Fsp3) is 0.692. The molecule has 96 valence electrons. The minimum absolute atomic E-state index is 0.507. The predicted octanol–water partition coefficient (Wildman–Crippen LogP) is 3.39. The van der Waals surface area contributed by atoms with Gasteiger partial charge in [-0.1, -0.05) is 11.6 Å². The highest BCUT2D eigenvalue weighted by molar-refractivity contribution is 7.16. The maximum absolute atomic E-state index is 6.01. The Morgan fingerprint density at radius 3 is 3.06 bits per heavy atom. The minimum Gasteiger partial charge on any atom is -0.319 e. The van der Waals surface area contributed by atoms with E-state index in [-0.39, 0.29) is 0 Å². The smallest absolute Gasteiger partial charge is 0.0931 e. The summed E-state index contributed by atoms with van der Waals surface area (Å²) >= 11 is 7.72. The van der Waals surface area contributed by atoms with Gasteiger partial charge in [0.2, 0.25) is 0 Å². The van der Waals surface area contributed by atoms with Gasteiger partial charge in [-0.05, 0) is 58.0 Å². The summed E-state index contributed by atoms with van der Waals surface area (Å²) in [5, 5.41) is 3.30. The average Bonchev–Trinajstić information content (AvgIpc) is 2.76. The molecule has 0 spiro atoms. The molecular formula is C13H21ClN2S. The number of hydrogen-bond acceptors (Lipinski definition) is 3. The second-order valence-corrected chi connectivity index (χ2v) is 6.63. The average molecular weight is 273 g/mol. The van der Waals surface area contributed by atoms with Crippen molar-refractivity contribution in [2.75, 3.05) is 26.7 Å². The predicted molar refractivity (Wildman–Crippen MR) is 76.0 cm³/mol. The van der Waals surface area contributed by atoms with Crippen molar-refractivity contribution >= 4 is 22.9 Å². The normalized spacial score (nSPS) is 23.8. The van der Waals surface area contributed by atoms with Gasteiger partial charge in [0.15, 0.2) is 0 Å². The van der Waals surface area contributed by atoms with E-state index >= 15 is 0 Å². The molecule has 2 unspecified atom stereocenters. The van der Waals surface area contributed by atoms with Crippen molar-refractivity contribution in [3.63, 3.8) is 0 Å². The summed E-state index contributed by atoms with van der Waals surface area (Å²) in [6, 6.07) is 4.68. The molecule has 1 saturated heterocycles. The number of rotatable bonds is 4. The molecule has 2 heterocycles. The molecule has 1 fully saturated rings. The van der Waals surface area contributed by atoms with Gasteiger partial charge in [-0.25, -0.2) is 0 Å². The molecule has 1 N–H and O–H groups in total. The third-order valence-electron chi connectivity index (χ3n) is 3.60. The van der Waals surface area contributed by atoms with Crippen LogP contribution in [0.5, 0.6) is 0 Å². The van der Waals surface area contributed by atoms with Gasteiger partial charge in [-0.3, -0.25) is 4.90 Å². The standard InChI is InChI=1S/C13H21ClN2S/c1-10(12-5-6-13(14)17-12)16-7-3-4-11(9-16)8-15-2/h5-6,10-11,15H,3-4,7-9H2,1-2H3. The first-order chi connectivity index (χ1) is 8.20. The van der Waals surface area contributed by atoms with Crippen molar-refractivity contribution in [3.05, 3.63) is 21.3 Å². The number of nitrogens with one attached hydrogen (secondary N) is 1. The van der Waals surface area contributed by atoms with Gasteiger partial charge in [-0.2, -0.15) is 0 Å². The fourth-order valence-corrected chi connectivity index (χ4v) is 3.78. The second kappa shape index (κ2) is 6.19. The number of piperidine rings is 1. The van der Waals surface area contributed by atoms with Crippen LogP contribution in [0.3, 0.4) is 0 Å². The molecule has 0 radical (unpaired) electrons. The van der Waals surface area contributed by atoms with Gasteiger partial charge in [0.05, 0.1) is 4.34 Å². The molecule has 17 heavy (non-hydrogen) atoms. The number of likely N-dealkylation sites (tertiary alicyclic amines) is 1. The van der Waals surface area contributed by atoms with E-state index in [1.54, 1.807) is 11.3 Å². The van der Waals surface area contributed by atoms with Crippen molar-refractivity contribution in [3.8, 4) is 0 Å². The molecule has 4 heteroatoms.